The van der Waals surface area contributed by atoms with Gasteiger partial charge >= 0.3 is 5.97 Å². The smallest absolute Gasteiger partial charge is 0.331 e. The van der Waals surface area contributed by atoms with Crippen LogP contribution >= 0.6 is 15.9 Å². The highest BCUT2D eigenvalue weighted by atomic mass is 79.9. The molecular formula is C22H25BrO3. The summed E-state index contributed by atoms with van der Waals surface area (Å²) in [6.45, 7) is 8.82. The standard InChI is InChI=1S/C22H25BrO3/c1-5-16(21(24)25)12-17-13-19(23)10-11-20(17)26-14-15-6-8-18(9-7-15)22(2,3)4/h6-13H,5,14H2,1-4H3,(H,24,25). The molecule has 0 amide bonds. The first kappa shape index (κ1) is 20.2. The van der Waals surface area contributed by atoms with E-state index in [2.05, 4.69) is 61.0 Å². The molecule has 4 heteroatoms. The van der Waals surface area contributed by atoms with Crippen molar-refractivity contribution in [2.45, 2.75) is 46.1 Å². The molecule has 0 unspecified atom stereocenters. The first-order chi connectivity index (χ1) is 12.2. The molecule has 0 atom stereocenters. The number of benzene rings is 2. The lowest BCUT2D eigenvalue weighted by Crippen LogP contribution is -2.10. The van der Waals surface area contributed by atoms with Crippen LogP contribution in [-0.2, 0) is 16.8 Å². The van der Waals surface area contributed by atoms with E-state index in [1.54, 1.807) is 6.08 Å². The lowest BCUT2D eigenvalue weighted by atomic mass is 9.87. The molecule has 0 aliphatic rings. The van der Waals surface area contributed by atoms with Crippen LogP contribution in [0.15, 0.2) is 52.5 Å². The first-order valence-electron chi connectivity index (χ1n) is 8.66. The van der Waals surface area contributed by atoms with Crippen molar-refractivity contribution in [3.05, 3.63) is 69.2 Å². The van der Waals surface area contributed by atoms with Crippen LogP contribution in [0.3, 0.4) is 0 Å². The predicted octanol–water partition coefficient (Wildman–Crippen LogP) is 6.20. The largest absolute Gasteiger partial charge is 0.488 e. The molecule has 0 aliphatic heterocycles. The fraction of sp³-hybridized carbons (Fsp3) is 0.318. The van der Waals surface area contributed by atoms with Crippen LogP contribution in [0.2, 0.25) is 0 Å². The molecule has 0 radical (unpaired) electrons. The van der Waals surface area contributed by atoms with Gasteiger partial charge in [-0.15, -0.1) is 0 Å². The van der Waals surface area contributed by atoms with Gasteiger partial charge in [-0.1, -0.05) is 67.9 Å². The van der Waals surface area contributed by atoms with Gasteiger partial charge in [-0.25, -0.2) is 4.79 Å². The summed E-state index contributed by atoms with van der Waals surface area (Å²) in [6.07, 6.45) is 2.13. The fourth-order valence-electron chi connectivity index (χ4n) is 2.53. The van der Waals surface area contributed by atoms with Gasteiger partial charge in [0, 0.05) is 15.6 Å². The molecule has 0 saturated carbocycles. The van der Waals surface area contributed by atoms with E-state index in [-0.39, 0.29) is 5.41 Å². The summed E-state index contributed by atoms with van der Waals surface area (Å²) in [5.74, 6) is -0.239. The van der Waals surface area contributed by atoms with Crippen molar-refractivity contribution >= 4 is 28.0 Å². The lowest BCUT2D eigenvalue weighted by Gasteiger charge is -2.19. The Bertz CT molecular complexity index is 799. The lowest BCUT2D eigenvalue weighted by molar-refractivity contribution is -0.132. The number of carboxylic acid groups (broad SMARTS) is 1. The maximum Gasteiger partial charge on any atom is 0.331 e. The Morgan fingerprint density at radius 2 is 1.81 bits per heavy atom. The molecule has 0 fully saturated rings. The van der Waals surface area contributed by atoms with E-state index in [1.807, 2.05) is 25.1 Å². The third kappa shape index (κ3) is 5.46. The van der Waals surface area contributed by atoms with Crippen molar-refractivity contribution in [3.8, 4) is 5.75 Å². The van der Waals surface area contributed by atoms with E-state index in [4.69, 9.17) is 4.74 Å². The minimum Gasteiger partial charge on any atom is -0.488 e. The van der Waals surface area contributed by atoms with Crippen LogP contribution in [0, 0.1) is 0 Å². The zero-order chi connectivity index (χ0) is 19.3. The zero-order valence-corrected chi connectivity index (χ0v) is 17.3. The minimum atomic E-state index is -0.906. The summed E-state index contributed by atoms with van der Waals surface area (Å²) in [5, 5.41) is 9.27. The normalized spacial score (nSPS) is 12.1. The molecule has 2 aromatic carbocycles. The molecule has 2 aromatic rings. The second-order valence-electron chi connectivity index (χ2n) is 7.25. The highest BCUT2D eigenvalue weighted by Gasteiger charge is 2.13. The number of rotatable bonds is 6. The summed E-state index contributed by atoms with van der Waals surface area (Å²) >= 11 is 3.44. The average molecular weight is 417 g/mol. The van der Waals surface area contributed by atoms with Crippen LogP contribution in [-0.4, -0.2) is 11.1 Å². The van der Waals surface area contributed by atoms with Gasteiger partial charge in [0.05, 0.1) is 0 Å². The molecule has 138 valence electrons. The monoisotopic (exact) mass is 416 g/mol. The number of aliphatic carboxylic acids is 1. The van der Waals surface area contributed by atoms with Gasteiger partial charge < -0.3 is 9.84 Å². The van der Waals surface area contributed by atoms with E-state index in [0.717, 1.165) is 15.6 Å². The Labute approximate surface area is 163 Å². The van der Waals surface area contributed by atoms with E-state index >= 15 is 0 Å². The van der Waals surface area contributed by atoms with E-state index < -0.39 is 5.97 Å². The molecule has 26 heavy (non-hydrogen) atoms. The maximum absolute atomic E-state index is 11.3. The van der Waals surface area contributed by atoms with E-state index in [9.17, 15) is 9.90 Å². The van der Waals surface area contributed by atoms with Crippen LogP contribution < -0.4 is 4.74 Å². The average Bonchev–Trinajstić information content (AvgIpc) is 2.58. The molecule has 0 aromatic heterocycles. The summed E-state index contributed by atoms with van der Waals surface area (Å²) in [7, 11) is 0. The molecular weight excluding hydrogens is 392 g/mol. The van der Waals surface area contributed by atoms with Crippen molar-refractivity contribution in [1.29, 1.82) is 0 Å². The third-order valence-corrected chi connectivity index (χ3v) is 4.66. The summed E-state index contributed by atoms with van der Waals surface area (Å²) in [4.78, 5) is 11.3. The van der Waals surface area contributed by atoms with Gasteiger partial charge in [-0.2, -0.15) is 0 Å². The van der Waals surface area contributed by atoms with Crippen LogP contribution in [0.4, 0.5) is 0 Å². The van der Waals surface area contributed by atoms with Crippen molar-refractivity contribution in [3.63, 3.8) is 0 Å². The Hall–Kier alpha value is -2.07. The summed E-state index contributed by atoms with van der Waals surface area (Å²) < 4.78 is 6.85. The van der Waals surface area contributed by atoms with Crippen molar-refractivity contribution in [1.82, 2.24) is 0 Å². The molecule has 2 rings (SSSR count). The van der Waals surface area contributed by atoms with Gasteiger partial charge in [0.15, 0.2) is 0 Å². The molecule has 0 aliphatic carbocycles. The molecule has 0 heterocycles. The second kappa shape index (κ2) is 8.54. The number of hydrogen-bond donors (Lipinski definition) is 1. The number of carboxylic acids is 1. The number of hydrogen-bond acceptors (Lipinski definition) is 2. The van der Waals surface area contributed by atoms with Crippen LogP contribution in [0.1, 0.15) is 50.8 Å². The second-order valence-corrected chi connectivity index (χ2v) is 8.16. The fourth-order valence-corrected chi connectivity index (χ4v) is 2.91. The topological polar surface area (TPSA) is 46.5 Å². The molecule has 0 saturated heterocycles. The Balaban J connectivity index is 2.21. The SMILES string of the molecule is CCC(=Cc1cc(Br)ccc1OCc1ccc(C(C)(C)C)cc1)C(=O)O. The molecule has 0 spiro atoms. The summed E-state index contributed by atoms with van der Waals surface area (Å²) in [5.41, 5.74) is 3.58. The molecule has 3 nitrogen and oxygen atoms in total. The molecule has 1 N–H and O–H groups in total. The van der Waals surface area contributed by atoms with Crippen molar-refractivity contribution in [2.75, 3.05) is 0 Å². The maximum atomic E-state index is 11.3. The number of halogens is 1. The van der Waals surface area contributed by atoms with E-state index in [0.29, 0.717) is 24.4 Å². The Morgan fingerprint density at radius 1 is 1.15 bits per heavy atom. The van der Waals surface area contributed by atoms with Crippen LogP contribution in [0.5, 0.6) is 5.75 Å². The number of ether oxygens (including phenoxy) is 1. The quantitative estimate of drug-likeness (QED) is 0.569. The zero-order valence-electron chi connectivity index (χ0n) is 15.7. The highest BCUT2D eigenvalue weighted by Crippen LogP contribution is 2.27. The van der Waals surface area contributed by atoms with Gasteiger partial charge in [0.25, 0.3) is 0 Å². The van der Waals surface area contributed by atoms with Gasteiger partial charge in [-0.3, -0.25) is 0 Å². The summed E-state index contributed by atoms with van der Waals surface area (Å²) in [6, 6.07) is 14.0. The van der Waals surface area contributed by atoms with Gasteiger partial charge in [-0.05, 0) is 47.2 Å². The number of carbonyl (C=O) groups is 1. The Kier molecular flexibility index (Phi) is 6.65. The predicted molar refractivity (Wildman–Crippen MR) is 110 cm³/mol. The third-order valence-electron chi connectivity index (χ3n) is 4.17. The van der Waals surface area contributed by atoms with Gasteiger partial charge in [0.1, 0.15) is 12.4 Å². The molecule has 0 bridgehead atoms. The van der Waals surface area contributed by atoms with Crippen LogP contribution in [0.25, 0.3) is 6.08 Å². The first-order valence-corrected chi connectivity index (χ1v) is 9.45. The van der Waals surface area contributed by atoms with E-state index in [1.165, 1.54) is 5.56 Å². The van der Waals surface area contributed by atoms with Gasteiger partial charge in [0.2, 0.25) is 0 Å². The highest BCUT2D eigenvalue weighted by molar-refractivity contribution is 9.10. The Morgan fingerprint density at radius 3 is 2.35 bits per heavy atom. The minimum absolute atomic E-state index is 0.121. The van der Waals surface area contributed by atoms with Crippen molar-refractivity contribution < 1.29 is 14.6 Å². The van der Waals surface area contributed by atoms with Crippen molar-refractivity contribution in [2.24, 2.45) is 0 Å².